The predicted octanol–water partition coefficient (Wildman–Crippen LogP) is 0.859. The number of anilines is 1. The Balaban J connectivity index is 2.09. The van der Waals surface area contributed by atoms with Gasteiger partial charge in [0, 0.05) is 13.1 Å². The van der Waals surface area contributed by atoms with Crippen molar-refractivity contribution < 1.29 is 9.90 Å². The van der Waals surface area contributed by atoms with Crippen molar-refractivity contribution in [1.29, 1.82) is 0 Å². The van der Waals surface area contributed by atoms with E-state index in [9.17, 15) is 9.90 Å². The summed E-state index contributed by atoms with van der Waals surface area (Å²) in [6.45, 7) is 3.24. The van der Waals surface area contributed by atoms with Gasteiger partial charge in [-0.05, 0) is 18.6 Å². The molecule has 0 bridgehead atoms. The average Bonchev–Trinajstić information content (AvgIpc) is 2.10. The summed E-state index contributed by atoms with van der Waals surface area (Å²) >= 11 is 0. The second-order valence-electron chi connectivity index (χ2n) is 3.82. The number of nitrogens with one attached hydrogen (secondary N) is 2. The van der Waals surface area contributed by atoms with Crippen molar-refractivity contribution in [3.05, 3.63) is 23.8 Å². The number of amides is 1. The van der Waals surface area contributed by atoms with Crippen LogP contribution in [0.3, 0.4) is 0 Å². The van der Waals surface area contributed by atoms with Crippen molar-refractivity contribution in [1.82, 2.24) is 5.32 Å². The third kappa shape index (κ3) is 1.94. The van der Waals surface area contributed by atoms with Gasteiger partial charge in [-0.1, -0.05) is 12.1 Å². The molecule has 1 aliphatic rings. The first-order valence-electron chi connectivity index (χ1n) is 4.98. The standard InChI is InChI=1S/C11H14N2O2/c1-7-3-2-4-9(10(7)14)13-11(15)8-5-12-6-8/h2-4,8,12,14H,5-6H2,1H3,(H,13,15). The van der Waals surface area contributed by atoms with E-state index < -0.39 is 0 Å². The summed E-state index contributed by atoms with van der Waals surface area (Å²) in [7, 11) is 0. The number of hydrogen-bond acceptors (Lipinski definition) is 3. The van der Waals surface area contributed by atoms with Crippen molar-refractivity contribution >= 4 is 11.6 Å². The maximum absolute atomic E-state index is 11.6. The summed E-state index contributed by atoms with van der Waals surface area (Å²) in [5.74, 6) is 0.151. The third-order valence-corrected chi connectivity index (χ3v) is 2.65. The number of aromatic hydroxyl groups is 1. The summed E-state index contributed by atoms with van der Waals surface area (Å²) in [5, 5.41) is 15.4. The van der Waals surface area contributed by atoms with E-state index in [2.05, 4.69) is 10.6 Å². The van der Waals surface area contributed by atoms with Crippen LogP contribution < -0.4 is 10.6 Å². The Morgan fingerprint density at radius 3 is 2.87 bits per heavy atom. The zero-order chi connectivity index (χ0) is 10.8. The van der Waals surface area contributed by atoms with Crippen molar-refractivity contribution in [2.45, 2.75) is 6.92 Å². The van der Waals surface area contributed by atoms with Crippen LogP contribution in [-0.4, -0.2) is 24.1 Å². The van der Waals surface area contributed by atoms with Gasteiger partial charge in [0.2, 0.25) is 5.91 Å². The first-order chi connectivity index (χ1) is 7.18. The van der Waals surface area contributed by atoms with Crippen LogP contribution in [0.5, 0.6) is 5.75 Å². The molecule has 0 saturated carbocycles. The van der Waals surface area contributed by atoms with Gasteiger partial charge in [-0.3, -0.25) is 4.79 Å². The van der Waals surface area contributed by atoms with E-state index >= 15 is 0 Å². The number of phenolic OH excluding ortho intramolecular Hbond substituents is 1. The smallest absolute Gasteiger partial charge is 0.230 e. The fourth-order valence-corrected chi connectivity index (χ4v) is 1.47. The molecular formula is C11H14N2O2. The minimum atomic E-state index is -0.0327. The SMILES string of the molecule is Cc1cccc(NC(=O)C2CNC2)c1O. The molecule has 80 valence electrons. The second-order valence-corrected chi connectivity index (χ2v) is 3.82. The van der Waals surface area contributed by atoms with E-state index in [0.717, 1.165) is 18.7 Å². The number of hydrogen-bond donors (Lipinski definition) is 3. The van der Waals surface area contributed by atoms with Gasteiger partial charge in [-0.2, -0.15) is 0 Å². The number of aryl methyl sites for hydroxylation is 1. The van der Waals surface area contributed by atoms with Crippen LogP contribution in [0.15, 0.2) is 18.2 Å². The van der Waals surface area contributed by atoms with Crippen molar-refractivity contribution in [3.8, 4) is 5.75 Å². The van der Waals surface area contributed by atoms with Gasteiger partial charge >= 0.3 is 0 Å². The normalized spacial score (nSPS) is 15.8. The molecule has 0 unspecified atom stereocenters. The van der Waals surface area contributed by atoms with Gasteiger partial charge < -0.3 is 15.7 Å². The molecule has 0 spiro atoms. The maximum Gasteiger partial charge on any atom is 0.230 e. The lowest BCUT2D eigenvalue weighted by atomic mass is 10.0. The highest BCUT2D eigenvalue weighted by Gasteiger charge is 2.25. The fourth-order valence-electron chi connectivity index (χ4n) is 1.47. The number of phenols is 1. The maximum atomic E-state index is 11.6. The van der Waals surface area contributed by atoms with Gasteiger partial charge in [0.1, 0.15) is 5.75 Å². The number of para-hydroxylation sites is 1. The van der Waals surface area contributed by atoms with E-state index in [0.29, 0.717) is 5.69 Å². The molecule has 15 heavy (non-hydrogen) atoms. The van der Waals surface area contributed by atoms with Crippen LogP contribution in [0.1, 0.15) is 5.56 Å². The van der Waals surface area contributed by atoms with E-state index in [1.54, 1.807) is 19.1 Å². The number of carbonyl (C=O) groups is 1. The zero-order valence-corrected chi connectivity index (χ0v) is 8.58. The summed E-state index contributed by atoms with van der Waals surface area (Å²) in [5.41, 5.74) is 1.26. The topological polar surface area (TPSA) is 61.4 Å². The number of rotatable bonds is 2. The Bertz CT molecular complexity index is 386. The highest BCUT2D eigenvalue weighted by molar-refractivity contribution is 5.94. The summed E-state index contributed by atoms with van der Waals surface area (Å²) in [6.07, 6.45) is 0. The van der Waals surface area contributed by atoms with Crippen LogP contribution in [-0.2, 0) is 4.79 Å². The largest absolute Gasteiger partial charge is 0.505 e. The molecule has 0 radical (unpaired) electrons. The van der Waals surface area contributed by atoms with Crippen molar-refractivity contribution in [2.24, 2.45) is 5.92 Å². The van der Waals surface area contributed by atoms with Crippen LogP contribution in [0.2, 0.25) is 0 Å². The predicted molar refractivity (Wildman–Crippen MR) is 57.8 cm³/mol. The minimum absolute atomic E-state index is 0.0323. The van der Waals surface area contributed by atoms with Crippen LogP contribution in [0.4, 0.5) is 5.69 Å². The van der Waals surface area contributed by atoms with Gasteiger partial charge in [-0.25, -0.2) is 0 Å². The molecule has 1 amide bonds. The second kappa shape index (κ2) is 3.90. The van der Waals surface area contributed by atoms with Crippen molar-refractivity contribution in [3.63, 3.8) is 0 Å². The molecule has 0 atom stereocenters. The molecule has 3 N–H and O–H groups in total. The Hall–Kier alpha value is -1.55. The molecule has 2 rings (SSSR count). The van der Waals surface area contributed by atoms with Crippen LogP contribution >= 0.6 is 0 Å². The van der Waals surface area contributed by atoms with E-state index in [1.165, 1.54) is 0 Å². The molecular weight excluding hydrogens is 192 g/mol. The summed E-state index contributed by atoms with van der Waals surface area (Å²) in [4.78, 5) is 11.6. The van der Waals surface area contributed by atoms with Gasteiger partial charge in [-0.15, -0.1) is 0 Å². The monoisotopic (exact) mass is 206 g/mol. The fraction of sp³-hybridized carbons (Fsp3) is 0.364. The van der Waals surface area contributed by atoms with Crippen LogP contribution in [0.25, 0.3) is 0 Å². The Labute approximate surface area is 88.3 Å². The van der Waals surface area contributed by atoms with Gasteiger partial charge in [0.15, 0.2) is 0 Å². The molecule has 4 heteroatoms. The number of carbonyl (C=O) groups excluding carboxylic acids is 1. The Morgan fingerprint density at radius 1 is 1.53 bits per heavy atom. The van der Waals surface area contributed by atoms with Gasteiger partial charge in [0.25, 0.3) is 0 Å². The van der Waals surface area contributed by atoms with Gasteiger partial charge in [0.05, 0.1) is 11.6 Å². The minimum Gasteiger partial charge on any atom is -0.505 e. The molecule has 1 fully saturated rings. The number of benzene rings is 1. The van der Waals surface area contributed by atoms with Crippen LogP contribution in [0, 0.1) is 12.8 Å². The first-order valence-corrected chi connectivity index (χ1v) is 4.98. The molecule has 1 aromatic rings. The Kier molecular flexibility index (Phi) is 2.60. The van der Waals surface area contributed by atoms with Crippen molar-refractivity contribution in [2.75, 3.05) is 18.4 Å². The molecule has 0 aromatic heterocycles. The Morgan fingerprint density at radius 2 is 2.27 bits per heavy atom. The van der Waals surface area contributed by atoms with E-state index in [4.69, 9.17) is 0 Å². The quantitative estimate of drug-likeness (QED) is 0.629. The lowest BCUT2D eigenvalue weighted by Crippen LogP contribution is -2.48. The molecule has 1 heterocycles. The summed E-state index contributed by atoms with van der Waals surface area (Å²) in [6, 6.07) is 5.31. The molecule has 1 aromatic carbocycles. The molecule has 4 nitrogen and oxygen atoms in total. The van der Waals surface area contributed by atoms with E-state index in [-0.39, 0.29) is 17.6 Å². The molecule has 0 aliphatic carbocycles. The first kappa shape index (κ1) is 9.98. The lowest BCUT2D eigenvalue weighted by Gasteiger charge is -2.26. The van der Waals surface area contributed by atoms with E-state index in [1.807, 2.05) is 6.07 Å². The molecule has 1 aliphatic heterocycles. The molecule has 1 saturated heterocycles. The highest BCUT2D eigenvalue weighted by Crippen LogP contribution is 2.27. The zero-order valence-electron chi connectivity index (χ0n) is 8.58. The summed E-state index contributed by atoms with van der Waals surface area (Å²) < 4.78 is 0. The highest BCUT2D eigenvalue weighted by atomic mass is 16.3. The third-order valence-electron chi connectivity index (χ3n) is 2.65. The lowest BCUT2D eigenvalue weighted by molar-refractivity contribution is -0.121. The average molecular weight is 206 g/mol.